The van der Waals surface area contributed by atoms with Gasteiger partial charge in [0.15, 0.2) is 0 Å². The fraction of sp³-hybridized carbons (Fsp3) is 0.0625. The van der Waals surface area contributed by atoms with Gasteiger partial charge in [0.2, 0.25) is 0 Å². The van der Waals surface area contributed by atoms with Crippen LogP contribution in [0.5, 0.6) is 0 Å². The minimum atomic E-state index is -0.401. The SMILES string of the molecule is CCc1nc2ccccc2n1-c1cccc(-c2ccc3c4c(ccc3c2)-c2c(ccc3ccccc23)C42c3ccccc3-c3ccccc32)c1. The number of aryl methyl sites for hydroxylation is 1. The number of aromatic nitrogens is 2. The maximum Gasteiger partial charge on any atom is 0.114 e. The van der Waals surface area contributed by atoms with Gasteiger partial charge in [-0.2, -0.15) is 0 Å². The van der Waals surface area contributed by atoms with Crippen LogP contribution in [0.2, 0.25) is 0 Å². The largest absolute Gasteiger partial charge is 0.296 e. The zero-order valence-electron chi connectivity index (χ0n) is 27.7. The molecule has 0 bridgehead atoms. The van der Waals surface area contributed by atoms with Gasteiger partial charge in [-0.25, -0.2) is 4.98 Å². The van der Waals surface area contributed by atoms with Gasteiger partial charge in [-0.15, -0.1) is 0 Å². The number of rotatable bonds is 3. The summed E-state index contributed by atoms with van der Waals surface area (Å²) in [5.41, 5.74) is 16.2. The Bertz CT molecular complexity index is 2830. The van der Waals surface area contributed by atoms with Gasteiger partial charge in [-0.3, -0.25) is 4.57 Å². The summed E-state index contributed by atoms with van der Waals surface area (Å²) < 4.78 is 2.31. The molecule has 0 saturated heterocycles. The van der Waals surface area contributed by atoms with Crippen molar-refractivity contribution in [2.24, 2.45) is 0 Å². The van der Waals surface area contributed by atoms with E-state index in [4.69, 9.17) is 4.98 Å². The Labute approximate surface area is 290 Å². The van der Waals surface area contributed by atoms with Gasteiger partial charge >= 0.3 is 0 Å². The number of fused-ring (bicyclic) bond motifs is 15. The molecule has 234 valence electrons. The molecule has 8 aromatic carbocycles. The molecule has 0 aliphatic heterocycles. The van der Waals surface area contributed by atoms with E-state index in [1.54, 1.807) is 0 Å². The van der Waals surface area contributed by atoms with E-state index >= 15 is 0 Å². The second-order valence-corrected chi connectivity index (χ2v) is 13.7. The zero-order valence-corrected chi connectivity index (χ0v) is 27.7. The van der Waals surface area contributed by atoms with E-state index in [1.165, 1.54) is 77.2 Å². The first kappa shape index (κ1) is 27.7. The fourth-order valence-corrected chi connectivity index (χ4v) is 9.35. The van der Waals surface area contributed by atoms with E-state index in [1.807, 2.05) is 0 Å². The first-order valence-corrected chi connectivity index (χ1v) is 17.6. The van der Waals surface area contributed by atoms with Crippen LogP contribution >= 0.6 is 0 Å². The first-order chi connectivity index (χ1) is 24.8. The third-order valence-corrected chi connectivity index (χ3v) is 11.3. The summed E-state index contributed by atoms with van der Waals surface area (Å²) in [6.07, 6.45) is 0.867. The summed E-state index contributed by atoms with van der Waals surface area (Å²) in [4.78, 5) is 4.95. The molecule has 50 heavy (non-hydrogen) atoms. The van der Waals surface area contributed by atoms with E-state index in [-0.39, 0.29) is 0 Å². The van der Waals surface area contributed by atoms with Crippen LogP contribution in [0, 0.1) is 0 Å². The topological polar surface area (TPSA) is 17.8 Å². The lowest BCUT2D eigenvalue weighted by Gasteiger charge is -2.31. The Balaban J connectivity index is 1.17. The van der Waals surface area contributed by atoms with E-state index in [0.29, 0.717) is 0 Å². The maximum atomic E-state index is 4.95. The summed E-state index contributed by atoms with van der Waals surface area (Å²) in [6.45, 7) is 2.18. The molecule has 9 aromatic rings. The average molecular weight is 637 g/mol. The van der Waals surface area contributed by atoms with Crippen LogP contribution in [0.3, 0.4) is 0 Å². The number of hydrogen-bond acceptors (Lipinski definition) is 1. The molecule has 1 aromatic heterocycles. The monoisotopic (exact) mass is 636 g/mol. The van der Waals surface area contributed by atoms with Crippen molar-refractivity contribution in [3.8, 4) is 39.1 Å². The molecule has 0 N–H and O–H groups in total. The first-order valence-electron chi connectivity index (χ1n) is 17.6. The van der Waals surface area contributed by atoms with Crippen molar-refractivity contribution in [1.82, 2.24) is 9.55 Å². The van der Waals surface area contributed by atoms with Gasteiger partial charge in [-0.1, -0.05) is 140 Å². The molecule has 2 heteroatoms. The Morgan fingerprint density at radius 2 is 1.24 bits per heavy atom. The summed E-state index contributed by atoms with van der Waals surface area (Å²) in [6, 6.07) is 61.0. The molecule has 0 unspecified atom stereocenters. The maximum absolute atomic E-state index is 4.95. The van der Waals surface area contributed by atoms with Crippen LogP contribution < -0.4 is 0 Å². The molecule has 1 spiro atoms. The highest BCUT2D eigenvalue weighted by Crippen LogP contribution is 2.65. The Hall–Kier alpha value is -6.25. The number of hydrogen-bond donors (Lipinski definition) is 0. The van der Waals surface area contributed by atoms with Gasteiger partial charge in [0, 0.05) is 12.1 Å². The third-order valence-electron chi connectivity index (χ3n) is 11.3. The summed E-state index contributed by atoms with van der Waals surface area (Å²) in [5, 5.41) is 5.16. The minimum Gasteiger partial charge on any atom is -0.296 e. The molecule has 0 fully saturated rings. The van der Waals surface area contributed by atoms with Gasteiger partial charge in [0.25, 0.3) is 0 Å². The molecular weight excluding hydrogens is 605 g/mol. The van der Waals surface area contributed by atoms with Gasteiger partial charge in [0.1, 0.15) is 5.82 Å². The van der Waals surface area contributed by atoms with Crippen LogP contribution in [-0.2, 0) is 11.8 Å². The van der Waals surface area contributed by atoms with Crippen LogP contribution in [-0.4, -0.2) is 9.55 Å². The van der Waals surface area contributed by atoms with E-state index in [9.17, 15) is 0 Å². The lowest BCUT2D eigenvalue weighted by atomic mass is 9.69. The van der Waals surface area contributed by atoms with Gasteiger partial charge < -0.3 is 0 Å². The van der Waals surface area contributed by atoms with Crippen molar-refractivity contribution in [3.63, 3.8) is 0 Å². The third kappa shape index (κ3) is 3.50. The summed E-state index contributed by atoms with van der Waals surface area (Å²) >= 11 is 0. The lowest BCUT2D eigenvalue weighted by Crippen LogP contribution is -2.26. The van der Waals surface area contributed by atoms with Crippen LogP contribution in [0.4, 0.5) is 0 Å². The molecular formula is C48H32N2. The molecule has 11 rings (SSSR count). The molecule has 2 nitrogen and oxygen atoms in total. The highest BCUT2D eigenvalue weighted by molar-refractivity contribution is 6.11. The number of para-hydroxylation sites is 2. The molecule has 1 heterocycles. The molecule has 0 saturated carbocycles. The van der Waals surface area contributed by atoms with Crippen LogP contribution in [0.15, 0.2) is 164 Å². The van der Waals surface area contributed by atoms with Crippen molar-refractivity contribution >= 4 is 32.6 Å². The standard InChI is InChI=1S/C48H32N2/c1-2-45-49-43-20-9-10-21-44(43)50(45)34-14-11-13-31(29-34)32-22-25-36-33(28-32)23-26-39-46-35-15-4-3-12-30(35)24-27-42(46)48(47(36)39)40-18-7-5-16-37(40)38-17-6-8-19-41(38)48/h3-29H,2H2,1H3. The minimum absolute atomic E-state index is 0.401. The van der Waals surface area contributed by atoms with E-state index in [2.05, 4.69) is 175 Å². The summed E-state index contributed by atoms with van der Waals surface area (Å²) in [5.74, 6) is 1.08. The van der Waals surface area contributed by atoms with E-state index < -0.39 is 5.41 Å². The molecule has 2 aliphatic rings. The van der Waals surface area contributed by atoms with Crippen LogP contribution in [0.25, 0.3) is 71.6 Å². The van der Waals surface area contributed by atoms with Crippen molar-refractivity contribution in [2.75, 3.05) is 0 Å². The molecule has 0 amide bonds. The predicted octanol–water partition coefficient (Wildman–Crippen LogP) is 11.9. The predicted molar refractivity (Wildman–Crippen MR) is 207 cm³/mol. The quantitative estimate of drug-likeness (QED) is 0.189. The highest BCUT2D eigenvalue weighted by Gasteiger charge is 2.52. The fourth-order valence-electron chi connectivity index (χ4n) is 9.35. The zero-order chi connectivity index (χ0) is 33.0. The van der Waals surface area contributed by atoms with Crippen molar-refractivity contribution in [2.45, 2.75) is 18.8 Å². The second kappa shape index (κ2) is 10.1. The second-order valence-electron chi connectivity index (χ2n) is 13.7. The molecule has 2 aliphatic carbocycles. The smallest absolute Gasteiger partial charge is 0.114 e. The normalized spacial score (nSPS) is 13.5. The highest BCUT2D eigenvalue weighted by atomic mass is 15.1. The Kier molecular flexibility index (Phi) is 5.61. The van der Waals surface area contributed by atoms with Gasteiger partial charge in [0.05, 0.1) is 16.4 Å². The Morgan fingerprint density at radius 1 is 0.520 bits per heavy atom. The average Bonchev–Trinajstić information content (AvgIpc) is 3.82. The van der Waals surface area contributed by atoms with Crippen LogP contribution in [0.1, 0.15) is 35.0 Å². The van der Waals surface area contributed by atoms with Crippen molar-refractivity contribution in [3.05, 3.63) is 192 Å². The Morgan fingerprint density at radius 3 is 2.08 bits per heavy atom. The summed E-state index contributed by atoms with van der Waals surface area (Å²) in [7, 11) is 0. The van der Waals surface area contributed by atoms with Crippen molar-refractivity contribution in [1.29, 1.82) is 0 Å². The van der Waals surface area contributed by atoms with E-state index in [0.717, 1.165) is 29.0 Å². The molecule has 0 atom stereocenters. The number of nitrogens with zero attached hydrogens (tertiary/aromatic N) is 2. The lowest BCUT2D eigenvalue weighted by molar-refractivity contribution is 0.802. The van der Waals surface area contributed by atoms with Crippen molar-refractivity contribution < 1.29 is 0 Å². The number of benzene rings is 8. The molecule has 0 radical (unpaired) electrons. The van der Waals surface area contributed by atoms with Gasteiger partial charge in [-0.05, 0) is 108 Å². The number of imidazole rings is 1.